The molecular weight excluding hydrogens is 202 g/mol. The molecule has 0 bridgehead atoms. The van der Waals surface area contributed by atoms with E-state index in [1.54, 1.807) is 6.08 Å². The summed E-state index contributed by atoms with van der Waals surface area (Å²) in [4.78, 5) is 18.1. The van der Waals surface area contributed by atoms with E-state index in [0.29, 0.717) is 6.54 Å². The predicted molar refractivity (Wildman–Crippen MR) is 64.8 cm³/mol. The zero-order chi connectivity index (χ0) is 11.5. The first-order valence-corrected chi connectivity index (χ1v) is 5.31. The normalized spacial score (nSPS) is 14.4. The van der Waals surface area contributed by atoms with E-state index in [1.165, 1.54) is 11.4 Å². The predicted octanol–water partition coefficient (Wildman–Crippen LogP) is 1.41. The van der Waals surface area contributed by atoms with Crippen LogP contribution in [0, 0.1) is 0 Å². The highest BCUT2D eigenvalue weighted by atomic mass is 16.1. The Morgan fingerprint density at radius 1 is 1.25 bits per heavy atom. The zero-order valence-corrected chi connectivity index (χ0v) is 9.60. The third-order valence-electron chi connectivity index (χ3n) is 2.96. The van der Waals surface area contributed by atoms with E-state index < -0.39 is 0 Å². The molecule has 4 heteroatoms. The highest BCUT2D eigenvalue weighted by Crippen LogP contribution is 2.32. The van der Waals surface area contributed by atoms with Crippen molar-refractivity contribution in [2.24, 2.45) is 4.99 Å². The van der Waals surface area contributed by atoms with Gasteiger partial charge in [-0.25, -0.2) is 9.79 Å². The maximum atomic E-state index is 10.1. The Kier molecular flexibility index (Phi) is 2.93. The lowest BCUT2D eigenvalue weighted by Crippen LogP contribution is -2.36. The molecule has 1 aliphatic heterocycles. The number of nitrogens with zero attached hydrogens (tertiary/aromatic N) is 3. The van der Waals surface area contributed by atoms with Crippen molar-refractivity contribution in [3.05, 3.63) is 23.8 Å². The highest BCUT2D eigenvalue weighted by Gasteiger charge is 2.17. The SMILES string of the molecule is CN1CCN(C)c2cc(CN=C=O)ccc21. The molecule has 4 nitrogen and oxygen atoms in total. The van der Waals surface area contributed by atoms with Crippen LogP contribution in [0.4, 0.5) is 11.4 Å². The molecule has 16 heavy (non-hydrogen) atoms. The Morgan fingerprint density at radius 3 is 2.62 bits per heavy atom. The minimum absolute atomic E-state index is 0.411. The smallest absolute Gasteiger partial charge is 0.235 e. The van der Waals surface area contributed by atoms with E-state index in [4.69, 9.17) is 0 Å². The van der Waals surface area contributed by atoms with Crippen molar-refractivity contribution in [1.82, 2.24) is 0 Å². The van der Waals surface area contributed by atoms with Gasteiger partial charge in [0.25, 0.3) is 0 Å². The lowest BCUT2D eigenvalue weighted by Gasteiger charge is -2.34. The van der Waals surface area contributed by atoms with Gasteiger partial charge in [-0.1, -0.05) is 6.07 Å². The number of hydrogen-bond donors (Lipinski definition) is 0. The van der Waals surface area contributed by atoms with Crippen molar-refractivity contribution in [2.45, 2.75) is 6.54 Å². The van der Waals surface area contributed by atoms with Crippen molar-refractivity contribution in [2.75, 3.05) is 37.0 Å². The second kappa shape index (κ2) is 4.37. The van der Waals surface area contributed by atoms with Crippen molar-refractivity contribution < 1.29 is 4.79 Å². The van der Waals surface area contributed by atoms with Crippen molar-refractivity contribution in [3.8, 4) is 0 Å². The van der Waals surface area contributed by atoms with E-state index >= 15 is 0 Å². The number of fused-ring (bicyclic) bond motifs is 1. The van der Waals surface area contributed by atoms with Gasteiger partial charge in [-0.05, 0) is 17.7 Å². The maximum Gasteiger partial charge on any atom is 0.235 e. The number of isocyanates is 1. The third-order valence-corrected chi connectivity index (χ3v) is 2.96. The van der Waals surface area contributed by atoms with Gasteiger partial charge in [0.05, 0.1) is 17.9 Å². The molecule has 1 heterocycles. The van der Waals surface area contributed by atoms with E-state index in [1.807, 2.05) is 6.07 Å². The van der Waals surface area contributed by atoms with Crippen LogP contribution in [0.3, 0.4) is 0 Å². The van der Waals surface area contributed by atoms with Crippen LogP contribution in [-0.4, -0.2) is 33.3 Å². The van der Waals surface area contributed by atoms with Gasteiger partial charge in [0.15, 0.2) is 0 Å². The molecular formula is C12H15N3O. The van der Waals surface area contributed by atoms with Crippen LogP contribution in [0.2, 0.25) is 0 Å². The molecule has 1 aromatic rings. The maximum absolute atomic E-state index is 10.1. The molecule has 0 aliphatic carbocycles. The minimum atomic E-state index is 0.411. The first-order chi connectivity index (χ1) is 7.72. The molecule has 0 unspecified atom stereocenters. The fourth-order valence-corrected chi connectivity index (χ4v) is 1.96. The molecule has 1 aliphatic rings. The first kappa shape index (κ1) is 10.7. The standard InChI is InChI=1S/C12H15N3O/c1-14-5-6-15(2)12-7-10(8-13-9-16)3-4-11(12)14/h3-4,7H,5-6,8H2,1-2H3. The summed E-state index contributed by atoms with van der Waals surface area (Å²) in [5, 5.41) is 0. The minimum Gasteiger partial charge on any atom is -0.371 e. The van der Waals surface area contributed by atoms with Gasteiger partial charge in [-0.2, -0.15) is 0 Å². The molecule has 0 saturated carbocycles. The molecule has 0 fully saturated rings. The summed E-state index contributed by atoms with van der Waals surface area (Å²) in [5.74, 6) is 0. The fraction of sp³-hybridized carbons (Fsp3) is 0.417. The summed E-state index contributed by atoms with van der Waals surface area (Å²) >= 11 is 0. The van der Waals surface area contributed by atoms with Gasteiger partial charge < -0.3 is 9.80 Å². The molecule has 0 saturated heterocycles. The topological polar surface area (TPSA) is 35.9 Å². The van der Waals surface area contributed by atoms with E-state index in [0.717, 1.165) is 18.7 Å². The van der Waals surface area contributed by atoms with Crippen molar-refractivity contribution >= 4 is 17.5 Å². The summed E-state index contributed by atoms with van der Waals surface area (Å²) in [6.07, 6.45) is 1.57. The molecule has 0 spiro atoms. The highest BCUT2D eigenvalue weighted by molar-refractivity contribution is 5.73. The molecule has 2 rings (SSSR count). The largest absolute Gasteiger partial charge is 0.371 e. The Morgan fingerprint density at radius 2 is 1.94 bits per heavy atom. The van der Waals surface area contributed by atoms with Gasteiger partial charge >= 0.3 is 0 Å². The monoisotopic (exact) mass is 217 g/mol. The summed E-state index contributed by atoms with van der Waals surface area (Å²) in [6, 6.07) is 6.18. The first-order valence-electron chi connectivity index (χ1n) is 5.31. The second-order valence-corrected chi connectivity index (χ2v) is 4.07. The Bertz CT molecular complexity index is 438. The summed E-state index contributed by atoms with van der Waals surface area (Å²) < 4.78 is 0. The van der Waals surface area contributed by atoms with Crippen LogP contribution in [0.1, 0.15) is 5.56 Å². The number of aliphatic imine (C=N–C) groups is 1. The average Bonchev–Trinajstić information content (AvgIpc) is 2.31. The van der Waals surface area contributed by atoms with Gasteiger partial charge in [0, 0.05) is 27.2 Å². The van der Waals surface area contributed by atoms with Crippen LogP contribution in [0.25, 0.3) is 0 Å². The number of rotatable bonds is 2. The summed E-state index contributed by atoms with van der Waals surface area (Å²) in [7, 11) is 4.17. The van der Waals surface area contributed by atoms with E-state index in [9.17, 15) is 4.79 Å². The number of benzene rings is 1. The molecule has 0 radical (unpaired) electrons. The second-order valence-electron chi connectivity index (χ2n) is 4.07. The van der Waals surface area contributed by atoms with Crippen molar-refractivity contribution in [3.63, 3.8) is 0 Å². The van der Waals surface area contributed by atoms with Gasteiger partial charge in [0.2, 0.25) is 6.08 Å². The Hall–Kier alpha value is -1.80. The van der Waals surface area contributed by atoms with Crippen LogP contribution in [0.5, 0.6) is 0 Å². The number of hydrogen-bond acceptors (Lipinski definition) is 4. The van der Waals surface area contributed by atoms with Gasteiger partial charge in [0.1, 0.15) is 0 Å². The van der Waals surface area contributed by atoms with E-state index in [2.05, 4.69) is 41.0 Å². The number of anilines is 2. The molecule has 0 atom stereocenters. The quantitative estimate of drug-likeness (QED) is 0.555. The van der Waals surface area contributed by atoms with Gasteiger partial charge in [-0.15, -0.1) is 0 Å². The van der Waals surface area contributed by atoms with Crippen LogP contribution >= 0.6 is 0 Å². The number of likely N-dealkylation sites (N-methyl/N-ethyl adjacent to an activating group) is 2. The van der Waals surface area contributed by atoms with Crippen LogP contribution < -0.4 is 9.80 Å². The lowest BCUT2D eigenvalue weighted by molar-refractivity contribution is 0.563. The molecule has 0 N–H and O–H groups in total. The third kappa shape index (κ3) is 1.92. The molecule has 1 aromatic carbocycles. The van der Waals surface area contributed by atoms with Crippen LogP contribution in [0.15, 0.2) is 23.2 Å². The molecule has 0 amide bonds. The van der Waals surface area contributed by atoms with Gasteiger partial charge in [-0.3, -0.25) is 0 Å². The average molecular weight is 217 g/mol. The molecule has 84 valence electrons. The summed E-state index contributed by atoms with van der Waals surface area (Å²) in [6.45, 7) is 2.47. The zero-order valence-electron chi connectivity index (χ0n) is 9.60. The number of carbonyl (C=O) groups excluding carboxylic acids is 1. The Labute approximate surface area is 95.2 Å². The molecule has 0 aromatic heterocycles. The Balaban J connectivity index is 2.35. The fourth-order valence-electron chi connectivity index (χ4n) is 1.96. The van der Waals surface area contributed by atoms with Crippen LogP contribution in [-0.2, 0) is 11.3 Å². The lowest BCUT2D eigenvalue weighted by atomic mass is 10.1. The van der Waals surface area contributed by atoms with Crippen molar-refractivity contribution in [1.29, 1.82) is 0 Å². The summed E-state index contributed by atoms with van der Waals surface area (Å²) in [5.41, 5.74) is 3.48. The van der Waals surface area contributed by atoms with E-state index in [-0.39, 0.29) is 0 Å².